The van der Waals surface area contributed by atoms with Gasteiger partial charge in [0, 0.05) is 13.2 Å². The summed E-state index contributed by atoms with van der Waals surface area (Å²) in [4.78, 5) is 0. The molecular formula is C13H29NO2. The molecule has 1 atom stereocenters. The molecule has 1 N–H and O–H groups in total. The molecule has 0 rings (SSSR count). The third-order valence-electron chi connectivity index (χ3n) is 2.07. The van der Waals surface area contributed by atoms with E-state index in [4.69, 9.17) is 9.47 Å². The van der Waals surface area contributed by atoms with E-state index in [1.54, 1.807) is 0 Å². The van der Waals surface area contributed by atoms with Gasteiger partial charge in [0.25, 0.3) is 0 Å². The highest BCUT2D eigenvalue weighted by molar-refractivity contribution is 4.57. The van der Waals surface area contributed by atoms with Gasteiger partial charge in [0.1, 0.15) is 0 Å². The van der Waals surface area contributed by atoms with Crippen LogP contribution in [-0.2, 0) is 9.47 Å². The normalized spacial score (nSPS) is 13.7. The predicted octanol–water partition coefficient (Wildman–Crippen LogP) is 2.31. The van der Waals surface area contributed by atoms with Crippen molar-refractivity contribution < 1.29 is 9.47 Å². The topological polar surface area (TPSA) is 30.5 Å². The molecule has 0 aliphatic heterocycles. The van der Waals surface area contributed by atoms with Crippen LogP contribution in [0.4, 0.5) is 0 Å². The summed E-state index contributed by atoms with van der Waals surface area (Å²) in [5, 5.41) is 3.38. The van der Waals surface area contributed by atoms with Gasteiger partial charge >= 0.3 is 0 Å². The minimum absolute atomic E-state index is 0.265. The zero-order valence-electron chi connectivity index (χ0n) is 11.6. The van der Waals surface area contributed by atoms with Crippen LogP contribution < -0.4 is 5.32 Å². The van der Waals surface area contributed by atoms with Gasteiger partial charge in [-0.25, -0.2) is 0 Å². The van der Waals surface area contributed by atoms with Crippen molar-refractivity contribution in [2.24, 2.45) is 11.8 Å². The maximum absolute atomic E-state index is 5.62. The van der Waals surface area contributed by atoms with Crippen LogP contribution >= 0.6 is 0 Å². The summed E-state index contributed by atoms with van der Waals surface area (Å²) in [6, 6.07) is 0. The molecule has 0 aliphatic carbocycles. The van der Waals surface area contributed by atoms with Gasteiger partial charge in [-0.05, 0) is 25.3 Å². The van der Waals surface area contributed by atoms with Crippen LogP contribution in [-0.4, -0.2) is 39.0 Å². The van der Waals surface area contributed by atoms with Gasteiger partial charge in [-0.1, -0.05) is 27.7 Å². The van der Waals surface area contributed by atoms with E-state index in [0.29, 0.717) is 25.0 Å². The molecular weight excluding hydrogens is 202 g/mol. The minimum atomic E-state index is 0.265. The minimum Gasteiger partial charge on any atom is -0.379 e. The molecule has 3 nitrogen and oxygen atoms in total. The lowest BCUT2D eigenvalue weighted by atomic mass is 10.2. The van der Waals surface area contributed by atoms with Crippen molar-refractivity contribution >= 4 is 0 Å². The quantitative estimate of drug-likeness (QED) is 0.585. The molecule has 0 saturated carbocycles. The Hall–Kier alpha value is -0.120. The highest BCUT2D eigenvalue weighted by Crippen LogP contribution is 1.94. The van der Waals surface area contributed by atoms with Gasteiger partial charge in [-0.2, -0.15) is 0 Å². The Labute approximate surface area is 101 Å². The summed E-state index contributed by atoms with van der Waals surface area (Å²) in [5.74, 6) is 1.30. The largest absolute Gasteiger partial charge is 0.379 e. The molecule has 0 heterocycles. The standard InChI is InChI=1S/C13H29NO2/c1-11(2)8-14-9-13(5)16-7-6-15-10-12(3)4/h11-14H,6-10H2,1-5H3. The Kier molecular flexibility index (Phi) is 9.99. The fraction of sp³-hybridized carbons (Fsp3) is 1.00. The number of nitrogens with one attached hydrogen (secondary N) is 1. The Morgan fingerprint density at radius 3 is 2.12 bits per heavy atom. The Bertz CT molecular complexity index is 149. The second kappa shape index (κ2) is 10.1. The van der Waals surface area contributed by atoms with Gasteiger partial charge in [0.15, 0.2) is 0 Å². The molecule has 0 bridgehead atoms. The zero-order chi connectivity index (χ0) is 12.4. The summed E-state index contributed by atoms with van der Waals surface area (Å²) in [6.07, 6.45) is 0.265. The summed E-state index contributed by atoms with van der Waals surface area (Å²) in [5.41, 5.74) is 0. The number of rotatable bonds is 10. The van der Waals surface area contributed by atoms with Crippen molar-refractivity contribution in [1.82, 2.24) is 5.32 Å². The average molecular weight is 231 g/mol. The summed E-state index contributed by atoms with van der Waals surface area (Å²) in [7, 11) is 0. The molecule has 98 valence electrons. The monoisotopic (exact) mass is 231 g/mol. The van der Waals surface area contributed by atoms with Gasteiger partial charge < -0.3 is 14.8 Å². The second-order valence-corrected chi connectivity index (χ2v) is 5.20. The smallest absolute Gasteiger partial charge is 0.0704 e. The fourth-order valence-electron chi connectivity index (χ4n) is 1.26. The Balaban J connectivity index is 3.20. The highest BCUT2D eigenvalue weighted by Gasteiger charge is 2.02. The molecule has 0 aliphatic rings. The number of hydrogen-bond acceptors (Lipinski definition) is 3. The number of ether oxygens (including phenoxy) is 2. The van der Waals surface area contributed by atoms with Crippen molar-refractivity contribution in [2.75, 3.05) is 32.9 Å². The van der Waals surface area contributed by atoms with Crippen molar-refractivity contribution in [3.63, 3.8) is 0 Å². The molecule has 0 saturated heterocycles. The lowest BCUT2D eigenvalue weighted by Gasteiger charge is -2.15. The first kappa shape index (κ1) is 15.9. The molecule has 0 radical (unpaired) electrons. The molecule has 0 fully saturated rings. The van der Waals surface area contributed by atoms with Crippen LogP contribution in [0.1, 0.15) is 34.6 Å². The maximum Gasteiger partial charge on any atom is 0.0704 e. The van der Waals surface area contributed by atoms with Crippen LogP contribution in [0.2, 0.25) is 0 Å². The summed E-state index contributed by atoms with van der Waals surface area (Å²) < 4.78 is 11.1. The average Bonchev–Trinajstić information content (AvgIpc) is 2.16. The van der Waals surface area contributed by atoms with E-state index in [0.717, 1.165) is 19.7 Å². The van der Waals surface area contributed by atoms with E-state index < -0.39 is 0 Å². The third-order valence-corrected chi connectivity index (χ3v) is 2.07. The third kappa shape index (κ3) is 12.0. The molecule has 0 amide bonds. The lowest BCUT2D eigenvalue weighted by Crippen LogP contribution is -2.30. The number of hydrogen-bond donors (Lipinski definition) is 1. The van der Waals surface area contributed by atoms with Crippen molar-refractivity contribution in [3.8, 4) is 0 Å². The molecule has 0 aromatic carbocycles. The van der Waals surface area contributed by atoms with Crippen molar-refractivity contribution in [1.29, 1.82) is 0 Å². The second-order valence-electron chi connectivity index (χ2n) is 5.20. The lowest BCUT2D eigenvalue weighted by molar-refractivity contribution is 0.00659. The first-order valence-electron chi connectivity index (χ1n) is 6.42. The summed E-state index contributed by atoms with van der Waals surface area (Å²) >= 11 is 0. The first-order chi connectivity index (χ1) is 7.52. The van der Waals surface area contributed by atoms with Gasteiger partial charge in [0.05, 0.1) is 19.3 Å². The molecule has 0 aromatic heterocycles. The van der Waals surface area contributed by atoms with E-state index in [1.165, 1.54) is 0 Å². The van der Waals surface area contributed by atoms with E-state index in [9.17, 15) is 0 Å². The highest BCUT2D eigenvalue weighted by atomic mass is 16.5. The fourth-order valence-corrected chi connectivity index (χ4v) is 1.26. The first-order valence-corrected chi connectivity index (χ1v) is 6.42. The van der Waals surface area contributed by atoms with Crippen LogP contribution in [0.15, 0.2) is 0 Å². The van der Waals surface area contributed by atoms with E-state index in [2.05, 4.69) is 39.9 Å². The molecule has 0 spiro atoms. The molecule has 1 unspecified atom stereocenters. The van der Waals surface area contributed by atoms with Gasteiger partial charge in [-0.3, -0.25) is 0 Å². The van der Waals surface area contributed by atoms with Crippen molar-refractivity contribution in [3.05, 3.63) is 0 Å². The van der Waals surface area contributed by atoms with E-state index >= 15 is 0 Å². The maximum atomic E-state index is 5.62. The Morgan fingerprint density at radius 1 is 0.875 bits per heavy atom. The van der Waals surface area contributed by atoms with E-state index in [-0.39, 0.29) is 6.10 Å². The molecule has 16 heavy (non-hydrogen) atoms. The van der Waals surface area contributed by atoms with Crippen LogP contribution in [0.25, 0.3) is 0 Å². The summed E-state index contributed by atoms with van der Waals surface area (Å²) in [6.45, 7) is 15.0. The molecule has 0 aromatic rings. The SMILES string of the molecule is CC(C)CNCC(C)OCCOCC(C)C. The van der Waals surface area contributed by atoms with Crippen LogP contribution in [0.3, 0.4) is 0 Å². The van der Waals surface area contributed by atoms with Crippen LogP contribution in [0, 0.1) is 11.8 Å². The van der Waals surface area contributed by atoms with Crippen molar-refractivity contribution in [2.45, 2.75) is 40.7 Å². The predicted molar refractivity (Wildman–Crippen MR) is 68.8 cm³/mol. The zero-order valence-corrected chi connectivity index (χ0v) is 11.6. The van der Waals surface area contributed by atoms with E-state index in [1.807, 2.05) is 0 Å². The van der Waals surface area contributed by atoms with Gasteiger partial charge in [-0.15, -0.1) is 0 Å². The van der Waals surface area contributed by atoms with Crippen LogP contribution in [0.5, 0.6) is 0 Å². The molecule has 3 heteroatoms. The Morgan fingerprint density at radius 2 is 1.56 bits per heavy atom. The van der Waals surface area contributed by atoms with Gasteiger partial charge in [0.2, 0.25) is 0 Å².